The lowest BCUT2D eigenvalue weighted by molar-refractivity contribution is 0.0949. The quantitative estimate of drug-likeness (QED) is 0.763. The summed E-state index contributed by atoms with van der Waals surface area (Å²) in [4.78, 5) is 23.6. The third kappa shape index (κ3) is 2.51. The van der Waals surface area contributed by atoms with Crippen molar-refractivity contribution >= 4 is 16.9 Å². The van der Waals surface area contributed by atoms with Gasteiger partial charge in [0.1, 0.15) is 5.82 Å². The maximum absolute atomic E-state index is 12.0. The highest BCUT2D eigenvalue weighted by molar-refractivity contribution is 5.93. The molecule has 2 heterocycles. The largest absolute Gasteiger partial charge is 0.345 e. The number of nitrogens with zero attached hydrogens (tertiary/aromatic N) is 2. The number of imidazole rings is 1. The molecular formula is C15H14N4O. The van der Waals surface area contributed by atoms with Crippen LogP contribution in [0.2, 0.25) is 0 Å². The van der Waals surface area contributed by atoms with Gasteiger partial charge in [0.05, 0.1) is 23.1 Å². The van der Waals surface area contributed by atoms with E-state index in [1.54, 1.807) is 18.5 Å². The van der Waals surface area contributed by atoms with Crippen molar-refractivity contribution in [2.24, 2.45) is 0 Å². The number of carbonyl (C=O) groups is 1. The van der Waals surface area contributed by atoms with E-state index in [1.807, 2.05) is 31.2 Å². The van der Waals surface area contributed by atoms with Crippen molar-refractivity contribution in [2.45, 2.75) is 13.5 Å². The van der Waals surface area contributed by atoms with Gasteiger partial charge in [-0.05, 0) is 30.7 Å². The van der Waals surface area contributed by atoms with Gasteiger partial charge < -0.3 is 10.3 Å². The van der Waals surface area contributed by atoms with Crippen LogP contribution >= 0.6 is 0 Å². The fourth-order valence-corrected chi connectivity index (χ4v) is 2.03. The van der Waals surface area contributed by atoms with Crippen molar-refractivity contribution in [2.75, 3.05) is 0 Å². The summed E-state index contributed by atoms with van der Waals surface area (Å²) < 4.78 is 0. The van der Waals surface area contributed by atoms with Gasteiger partial charge in [0, 0.05) is 12.4 Å². The normalized spacial score (nSPS) is 10.7. The van der Waals surface area contributed by atoms with E-state index >= 15 is 0 Å². The number of amides is 1. The maximum Gasteiger partial charge on any atom is 0.253 e. The lowest BCUT2D eigenvalue weighted by atomic mass is 10.2. The number of rotatable bonds is 3. The first-order chi connectivity index (χ1) is 9.72. The molecule has 0 spiro atoms. The van der Waals surface area contributed by atoms with Crippen molar-refractivity contribution in [3.63, 3.8) is 0 Å². The Labute approximate surface area is 116 Å². The van der Waals surface area contributed by atoms with Crippen LogP contribution < -0.4 is 5.32 Å². The number of fused-ring (bicyclic) bond motifs is 1. The number of aromatic amines is 1. The summed E-state index contributed by atoms with van der Waals surface area (Å²) in [6, 6.07) is 9.58. The van der Waals surface area contributed by atoms with E-state index in [1.165, 1.54) is 0 Å². The summed E-state index contributed by atoms with van der Waals surface area (Å²) in [5.74, 6) is 0.585. The first-order valence-electron chi connectivity index (χ1n) is 6.36. The molecular weight excluding hydrogens is 252 g/mol. The van der Waals surface area contributed by atoms with E-state index < -0.39 is 0 Å². The number of hydrogen-bond acceptors (Lipinski definition) is 3. The van der Waals surface area contributed by atoms with Gasteiger partial charge in [-0.1, -0.05) is 12.1 Å². The molecule has 0 saturated heterocycles. The minimum Gasteiger partial charge on any atom is -0.345 e. The molecule has 1 amide bonds. The molecule has 3 aromatic rings. The van der Waals surface area contributed by atoms with Gasteiger partial charge >= 0.3 is 0 Å². The average Bonchev–Trinajstić information content (AvgIpc) is 2.87. The first-order valence-corrected chi connectivity index (χ1v) is 6.36. The molecule has 0 aliphatic rings. The molecule has 0 radical (unpaired) electrons. The standard InChI is InChI=1S/C15H14N4O/c1-10-6-11(8-16-7-10)15(20)17-9-14-18-12-4-2-3-5-13(12)19-14/h2-8H,9H2,1H3,(H,17,20)(H,18,19). The molecule has 20 heavy (non-hydrogen) atoms. The number of H-pyrrole nitrogens is 1. The van der Waals surface area contributed by atoms with Gasteiger partial charge in [-0.15, -0.1) is 0 Å². The van der Waals surface area contributed by atoms with Gasteiger partial charge in [0.2, 0.25) is 0 Å². The fourth-order valence-electron chi connectivity index (χ4n) is 2.03. The molecule has 0 fully saturated rings. The Hall–Kier alpha value is -2.69. The molecule has 100 valence electrons. The van der Waals surface area contributed by atoms with E-state index in [9.17, 15) is 4.79 Å². The Morgan fingerprint density at radius 3 is 2.95 bits per heavy atom. The minimum absolute atomic E-state index is 0.151. The Morgan fingerprint density at radius 2 is 2.15 bits per heavy atom. The minimum atomic E-state index is -0.151. The van der Waals surface area contributed by atoms with Crippen molar-refractivity contribution < 1.29 is 4.79 Å². The van der Waals surface area contributed by atoms with Crippen LogP contribution in [0.5, 0.6) is 0 Å². The summed E-state index contributed by atoms with van der Waals surface area (Å²) in [5, 5.41) is 2.83. The predicted octanol–water partition coefficient (Wildman–Crippen LogP) is 2.20. The molecule has 0 saturated carbocycles. The topological polar surface area (TPSA) is 70.7 Å². The van der Waals surface area contributed by atoms with E-state index in [-0.39, 0.29) is 5.91 Å². The van der Waals surface area contributed by atoms with Gasteiger partial charge in [0.15, 0.2) is 0 Å². The third-order valence-corrected chi connectivity index (χ3v) is 2.99. The molecule has 0 unspecified atom stereocenters. The highest BCUT2D eigenvalue weighted by Gasteiger charge is 2.07. The van der Waals surface area contributed by atoms with Gasteiger partial charge in [-0.2, -0.15) is 0 Å². The number of aryl methyl sites for hydroxylation is 1. The Balaban J connectivity index is 1.71. The van der Waals surface area contributed by atoms with Gasteiger partial charge in [-0.25, -0.2) is 4.98 Å². The van der Waals surface area contributed by atoms with Crippen LogP contribution in [0, 0.1) is 6.92 Å². The van der Waals surface area contributed by atoms with Crippen molar-refractivity contribution in [1.82, 2.24) is 20.3 Å². The van der Waals surface area contributed by atoms with Crippen LogP contribution in [0.3, 0.4) is 0 Å². The monoisotopic (exact) mass is 266 g/mol. The Kier molecular flexibility index (Phi) is 3.16. The average molecular weight is 266 g/mol. The predicted molar refractivity (Wildman–Crippen MR) is 76.2 cm³/mol. The lowest BCUT2D eigenvalue weighted by Gasteiger charge is -2.03. The molecule has 2 aromatic heterocycles. The molecule has 0 aliphatic carbocycles. The number of carbonyl (C=O) groups excluding carboxylic acids is 1. The molecule has 5 heteroatoms. The zero-order chi connectivity index (χ0) is 13.9. The number of para-hydroxylation sites is 2. The van der Waals surface area contributed by atoms with E-state index in [4.69, 9.17) is 0 Å². The number of pyridine rings is 1. The zero-order valence-corrected chi connectivity index (χ0v) is 11.1. The highest BCUT2D eigenvalue weighted by Crippen LogP contribution is 2.10. The number of nitrogens with one attached hydrogen (secondary N) is 2. The van der Waals surface area contributed by atoms with Gasteiger partial charge in [-0.3, -0.25) is 9.78 Å². The molecule has 0 atom stereocenters. The fraction of sp³-hybridized carbons (Fsp3) is 0.133. The van der Waals surface area contributed by atoms with Crippen LogP contribution in [0.25, 0.3) is 11.0 Å². The van der Waals surface area contributed by atoms with Crippen LogP contribution in [0.15, 0.2) is 42.7 Å². The second kappa shape index (κ2) is 5.13. The molecule has 5 nitrogen and oxygen atoms in total. The van der Waals surface area contributed by atoms with Crippen molar-refractivity contribution in [3.8, 4) is 0 Å². The molecule has 1 aromatic carbocycles. The maximum atomic E-state index is 12.0. The Bertz CT molecular complexity index is 730. The third-order valence-electron chi connectivity index (χ3n) is 2.99. The summed E-state index contributed by atoms with van der Waals surface area (Å²) >= 11 is 0. The SMILES string of the molecule is Cc1cncc(C(=O)NCc2nc3ccccc3[nH]2)c1. The molecule has 0 bridgehead atoms. The van der Waals surface area contributed by atoms with Crippen LogP contribution in [-0.2, 0) is 6.54 Å². The van der Waals surface area contributed by atoms with E-state index in [2.05, 4.69) is 20.3 Å². The van der Waals surface area contributed by atoms with E-state index in [0.29, 0.717) is 12.1 Å². The lowest BCUT2D eigenvalue weighted by Crippen LogP contribution is -2.23. The second-order valence-corrected chi connectivity index (χ2v) is 4.63. The van der Waals surface area contributed by atoms with Crippen molar-refractivity contribution in [3.05, 3.63) is 59.7 Å². The summed E-state index contributed by atoms with van der Waals surface area (Å²) in [7, 11) is 0. The second-order valence-electron chi connectivity index (χ2n) is 4.63. The summed E-state index contributed by atoms with van der Waals surface area (Å²) in [5.41, 5.74) is 3.38. The first kappa shape index (κ1) is 12.3. The van der Waals surface area contributed by atoms with Crippen molar-refractivity contribution in [1.29, 1.82) is 0 Å². The molecule has 0 aliphatic heterocycles. The summed E-state index contributed by atoms with van der Waals surface area (Å²) in [6.07, 6.45) is 3.27. The molecule has 2 N–H and O–H groups in total. The van der Waals surface area contributed by atoms with Gasteiger partial charge in [0.25, 0.3) is 5.91 Å². The summed E-state index contributed by atoms with van der Waals surface area (Å²) in [6.45, 7) is 2.27. The number of hydrogen-bond donors (Lipinski definition) is 2. The van der Waals surface area contributed by atoms with E-state index in [0.717, 1.165) is 22.4 Å². The number of benzene rings is 1. The van der Waals surface area contributed by atoms with Crippen LogP contribution in [-0.4, -0.2) is 20.9 Å². The van der Waals surface area contributed by atoms with Crippen LogP contribution in [0.4, 0.5) is 0 Å². The van der Waals surface area contributed by atoms with Crippen LogP contribution in [0.1, 0.15) is 21.7 Å². The smallest absolute Gasteiger partial charge is 0.253 e. The number of aromatic nitrogens is 3. The zero-order valence-electron chi connectivity index (χ0n) is 11.1. The highest BCUT2D eigenvalue weighted by atomic mass is 16.1. The Morgan fingerprint density at radius 1 is 1.30 bits per heavy atom. The molecule has 3 rings (SSSR count).